The number of carboxylic acid groups (broad SMARTS) is 1. The number of fused-ring (bicyclic) bond motifs is 2. The van der Waals surface area contributed by atoms with E-state index in [9.17, 15) is 24.3 Å². The fourth-order valence-corrected chi connectivity index (χ4v) is 3.90. The van der Waals surface area contributed by atoms with Gasteiger partial charge in [-0.05, 0) is 36.5 Å². The van der Waals surface area contributed by atoms with Crippen molar-refractivity contribution >= 4 is 29.5 Å². The lowest BCUT2D eigenvalue weighted by Gasteiger charge is -2.27. The topological polar surface area (TPSA) is 122 Å². The van der Waals surface area contributed by atoms with Gasteiger partial charge < -0.3 is 24.7 Å². The van der Waals surface area contributed by atoms with E-state index in [0.717, 1.165) is 0 Å². The van der Waals surface area contributed by atoms with Crippen molar-refractivity contribution in [2.45, 2.75) is 6.42 Å². The Balaban J connectivity index is 1.89. The molecule has 0 aliphatic heterocycles. The SMILES string of the molecule is COC(=O)c1cc(NC(=O)[C@@H]2[C@@H](C(=O)[O-])[C@H]3C=C[C@@H]2C3)cc(C(=O)OC)c1. The minimum Gasteiger partial charge on any atom is -0.550 e. The Bertz CT molecular complexity index is 810. The summed E-state index contributed by atoms with van der Waals surface area (Å²) in [7, 11) is 2.38. The molecule has 1 amide bonds. The van der Waals surface area contributed by atoms with Crippen LogP contribution in [-0.2, 0) is 19.1 Å². The first-order valence-electron chi connectivity index (χ1n) is 8.37. The molecule has 1 aromatic rings. The number of allylic oxidation sites excluding steroid dienone is 2. The monoisotopic (exact) mass is 372 g/mol. The first-order chi connectivity index (χ1) is 12.8. The molecule has 0 aromatic heterocycles. The van der Waals surface area contributed by atoms with Crippen molar-refractivity contribution in [2.75, 3.05) is 19.5 Å². The van der Waals surface area contributed by atoms with Crippen LogP contribution in [0.2, 0.25) is 0 Å². The van der Waals surface area contributed by atoms with Crippen LogP contribution in [0, 0.1) is 23.7 Å². The first-order valence-corrected chi connectivity index (χ1v) is 8.37. The number of methoxy groups -OCH3 is 2. The normalized spacial score (nSPS) is 25.1. The van der Waals surface area contributed by atoms with E-state index in [1.165, 1.54) is 32.4 Å². The van der Waals surface area contributed by atoms with E-state index in [-0.39, 0.29) is 28.7 Å². The van der Waals surface area contributed by atoms with Gasteiger partial charge >= 0.3 is 11.9 Å². The second-order valence-electron chi connectivity index (χ2n) is 6.59. The Kier molecular flexibility index (Phi) is 4.98. The molecular formula is C19H18NO7-. The van der Waals surface area contributed by atoms with E-state index in [1.54, 1.807) is 0 Å². The smallest absolute Gasteiger partial charge is 0.337 e. The number of amides is 1. The number of benzene rings is 1. The molecule has 1 aromatic carbocycles. The summed E-state index contributed by atoms with van der Waals surface area (Å²) in [4.78, 5) is 47.9. The highest BCUT2D eigenvalue weighted by Gasteiger charge is 2.48. The molecule has 2 aliphatic carbocycles. The van der Waals surface area contributed by atoms with Crippen molar-refractivity contribution in [3.63, 3.8) is 0 Å². The molecule has 1 N–H and O–H groups in total. The largest absolute Gasteiger partial charge is 0.550 e. The van der Waals surface area contributed by atoms with Gasteiger partial charge in [-0.15, -0.1) is 0 Å². The molecule has 4 atom stereocenters. The molecule has 0 heterocycles. The minimum atomic E-state index is -1.26. The van der Waals surface area contributed by atoms with E-state index < -0.39 is 35.7 Å². The lowest BCUT2D eigenvalue weighted by molar-refractivity contribution is -0.313. The summed E-state index contributed by atoms with van der Waals surface area (Å²) in [5.41, 5.74) is 0.284. The number of hydrogen-bond donors (Lipinski definition) is 1. The number of rotatable bonds is 5. The van der Waals surface area contributed by atoms with Crippen LogP contribution in [0.3, 0.4) is 0 Å². The number of ether oxygens (including phenoxy) is 2. The molecule has 0 spiro atoms. The fraction of sp³-hybridized carbons (Fsp3) is 0.368. The van der Waals surface area contributed by atoms with Gasteiger partial charge in [-0.25, -0.2) is 9.59 Å². The van der Waals surface area contributed by atoms with Crippen LogP contribution in [0.25, 0.3) is 0 Å². The van der Waals surface area contributed by atoms with Crippen molar-refractivity contribution in [2.24, 2.45) is 23.7 Å². The van der Waals surface area contributed by atoms with Crippen LogP contribution in [0.5, 0.6) is 0 Å². The van der Waals surface area contributed by atoms with Crippen LogP contribution in [0.1, 0.15) is 27.1 Å². The van der Waals surface area contributed by atoms with Crippen LogP contribution >= 0.6 is 0 Å². The lowest BCUT2D eigenvalue weighted by atomic mass is 9.82. The fourth-order valence-electron chi connectivity index (χ4n) is 3.90. The maximum Gasteiger partial charge on any atom is 0.337 e. The number of esters is 2. The zero-order valence-corrected chi connectivity index (χ0v) is 14.8. The molecule has 0 radical (unpaired) electrons. The van der Waals surface area contributed by atoms with Gasteiger partial charge in [0.25, 0.3) is 0 Å². The van der Waals surface area contributed by atoms with Crippen molar-refractivity contribution in [3.8, 4) is 0 Å². The third-order valence-corrected chi connectivity index (χ3v) is 5.08. The van der Waals surface area contributed by atoms with Crippen molar-refractivity contribution in [3.05, 3.63) is 41.5 Å². The molecule has 27 heavy (non-hydrogen) atoms. The maximum atomic E-state index is 12.8. The number of anilines is 1. The Hall–Kier alpha value is -3.16. The molecule has 142 valence electrons. The summed E-state index contributed by atoms with van der Waals surface area (Å²) in [5, 5.41) is 14.1. The summed E-state index contributed by atoms with van der Waals surface area (Å²) >= 11 is 0. The predicted octanol–water partition coefficient (Wildman–Crippen LogP) is 0.386. The zero-order chi connectivity index (χ0) is 19.7. The van der Waals surface area contributed by atoms with E-state index in [1.807, 2.05) is 12.2 Å². The maximum absolute atomic E-state index is 12.8. The first kappa shape index (κ1) is 18.6. The van der Waals surface area contributed by atoms with E-state index in [2.05, 4.69) is 14.8 Å². The average molecular weight is 372 g/mol. The van der Waals surface area contributed by atoms with Crippen LogP contribution in [0.15, 0.2) is 30.4 Å². The van der Waals surface area contributed by atoms with Gasteiger partial charge in [0.15, 0.2) is 0 Å². The summed E-state index contributed by atoms with van der Waals surface area (Å²) in [6, 6.07) is 4.00. The minimum absolute atomic E-state index is 0.0555. The van der Waals surface area contributed by atoms with Crippen molar-refractivity contribution in [1.29, 1.82) is 0 Å². The van der Waals surface area contributed by atoms with Crippen molar-refractivity contribution < 1.29 is 33.8 Å². The Morgan fingerprint density at radius 1 is 0.926 bits per heavy atom. The van der Waals surface area contributed by atoms with E-state index in [0.29, 0.717) is 6.42 Å². The standard InChI is InChI=1S/C19H19NO7/c1-26-18(24)11-6-12(19(25)27-2)8-13(7-11)20-16(21)14-9-3-4-10(5-9)15(14)17(22)23/h3-4,6-10,14-15H,5H2,1-2H3,(H,20,21)(H,22,23)/p-1/t9-,10+,14+,15+/m1/s1. The number of carboxylic acids is 1. The van der Waals surface area contributed by atoms with E-state index in [4.69, 9.17) is 0 Å². The summed E-state index contributed by atoms with van der Waals surface area (Å²) in [5.74, 6) is -5.20. The second-order valence-corrected chi connectivity index (χ2v) is 6.59. The highest BCUT2D eigenvalue weighted by Crippen LogP contribution is 2.48. The molecule has 1 saturated carbocycles. The number of carbonyl (C=O) groups excluding carboxylic acids is 4. The predicted molar refractivity (Wildman–Crippen MR) is 90.5 cm³/mol. The van der Waals surface area contributed by atoms with Gasteiger partial charge in [0, 0.05) is 17.6 Å². The second kappa shape index (κ2) is 7.22. The van der Waals surface area contributed by atoms with Gasteiger partial charge in [0.05, 0.1) is 31.3 Å². The summed E-state index contributed by atoms with van der Waals surface area (Å²) in [6.45, 7) is 0. The van der Waals surface area contributed by atoms with Gasteiger partial charge in [0.2, 0.25) is 5.91 Å². The van der Waals surface area contributed by atoms with Gasteiger partial charge in [-0.2, -0.15) is 0 Å². The quantitative estimate of drug-likeness (QED) is 0.586. The molecule has 8 nitrogen and oxygen atoms in total. The molecule has 2 bridgehead atoms. The van der Waals surface area contributed by atoms with Crippen molar-refractivity contribution in [1.82, 2.24) is 0 Å². The molecule has 2 aliphatic rings. The average Bonchev–Trinajstić information content (AvgIpc) is 3.27. The molecular weight excluding hydrogens is 354 g/mol. The summed E-state index contributed by atoms with van der Waals surface area (Å²) in [6.07, 6.45) is 4.24. The van der Waals surface area contributed by atoms with Gasteiger partial charge in [-0.3, -0.25) is 4.79 Å². The molecule has 0 saturated heterocycles. The Morgan fingerprint density at radius 3 is 1.93 bits per heavy atom. The van der Waals surface area contributed by atoms with E-state index >= 15 is 0 Å². The molecule has 3 rings (SSSR count). The highest BCUT2D eigenvalue weighted by atomic mass is 16.5. The third kappa shape index (κ3) is 3.42. The zero-order valence-electron chi connectivity index (χ0n) is 14.8. The molecule has 1 fully saturated rings. The molecule has 0 unspecified atom stereocenters. The van der Waals surface area contributed by atoms with Crippen LogP contribution < -0.4 is 10.4 Å². The number of hydrogen-bond acceptors (Lipinski definition) is 7. The lowest BCUT2D eigenvalue weighted by Crippen LogP contribution is -2.42. The van der Waals surface area contributed by atoms with Gasteiger partial charge in [-0.1, -0.05) is 12.2 Å². The third-order valence-electron chi connectivity index (χ3n) is 5.08. The Labute approximate surface area is 155 Å². The van der Waals surface area contributed by atoms with Crippen LogP contribution in [0.4, 0.5) is 5.69 Å². The van der Waals surface area contributed by atoms with Gasteiger partial charge in [0.1, 0.15) is 0 Å². The number of nitrogens with one attached hydrogen (secondary N) is 1. The number of aliphatic carboxylic acids is 1. The van der Waals surface area contributed by atoms with Crippen LogP contribution in [-0.4, -0.2) is 38.0 Å². The molecule has 8 heteroatoms. The highest BCUT2D eigenvalue weighted by molar-refractivity contribution is 6.01. The number of carbonyl (C=O) groups is 4. The Morgan fingerprint density at radius 2 is 1.44 bits per heavy atom. The summed E-state index contributed by atoms with van der Waals surface area (Å²) < 4.78 is 9.31.